The minimum absolute atomic E-state index is 0.624. The standard InChI is InChI=1S/C14H13N3O2/c15-9-11-1-2-13(14-12(11)3-8-19-14)17-6-4-16(10-18)5-7-17/h1-3,8,10H,4-7H2. The molecule has 3 rings (SSSR count). The zero-order valence-corrected chi connectivity index (χ0v) is 10.4. The number of hydrogen-bond acceptors (Lipinski definition) is 4. The highest BCUT2D eigenvalue weighted by Crippen LogP contribution is 2.30. The van der Waals surface area contributed by atoms with Crippen LogP contribution in [0.4, 0.5) is 5.69 Å². The number of fused-ring (bicyclic) bond motifs is 1. The summed E-state index contributed by atoms with van der Waals surface area (Å²) in [6, 6.07) is 7.72. The van der Waals surface area contributed by atoms with E-state index in [9.17, 15) is 4.79 Å². The Morgan fingerprint density at radius 1 is 1.21 bits per heavy atom. The molecule has 2 heterocycles. The molecule has 0 atom stereocenters. The first-order valence-corrected chi connectivity index (χ1v) is 6.18. The smallest absolute Gasteiger partial charge is 0.209 e. The Kier molecular flexibility index (Phi) is 2.84. The molecule has 1 aliphatic heterocycles. The van der Waals surface area contributed by atoms with Crippen LogP contribution in [0, 0.1) is 11.3 Å². The third kappa shape index (κ3) is 1.91. The summed E-state index contributed by atoms with van der Waals surface area (Å²) < 4.78 is 5.52. The number of piperazine rings is 1. The maximum atomic E-state index is 10.7. The van der Waals surface area contributed by atoms with E-state index in [2.05, 4.69) is 11.0 Å². The highest BCUT2D eigenvalue weighted by molar-refractivity contribution is 5.93. The maximum absolute atomic E-state index is 10.7. The highest BCUT2D eigenvalue weighted by atomic mass is 16.3. The third-order valence-corrected chi connectivity index (χ3v) is 3.52. The summed E-state index contributed by atoms with van der Waals surface area (Å²) in [5.41, 5.74) is 2.36. The Hall–Kier alpha value is -2.48. The summed E-state index contributed by atoms with van der Waals surface area (Å²) in [5.74, 6) is 0. The van der Waals surface area contributed by atoms with Crippen LogP contribution in [0.25, 0.3) is 11.0 Å². The second kappa shape index (κ2) is 4.65. The lowest BCUT2D eigenvalue weighted by Gasteiger charge is -2.34. The molecule has 0 radical (unpaired) electrons. The molecule has 96 valence electrons. The van der Waals surface area contributed by atoms with Gasteiger partial charge in [0.2, 0.25) is 6.41 Å². The van der Waals surface area contributed by atoms with Crippen LogP contribution in [0.2, 0.25) is 0 Å². The molecule has 0 spiro atoms. The molecule has 5 nitrogen and oxygen atoms in total. The summed E-state index contributed by atoms with van der Waals surface area (Å²) in [6.45, 7) is 2.98. The van der Waals surface area contributed by atoms with Crippen molar-refractivity contribution in [2.24, 2.45) is 0 Å². The lowest BCUT2D eigenvalue weighted by atomic mass is 10.1. The van der Waals surface area contributed by atoms with E-state index in [0.29, 0.717) is 18.7 Å². The van der Waals surface area contributed by atoms with E-state index < -0.39 is 0 Å². The maximum Gasteiger partial charge on any atom is 0.209 e. The van der Waals surface area contributed by atoms with Crippen LogP contribution >= 0.6 is 0 Å². The minimum atomic E-state index is 0.624. The van der Waals surface area contributed by atoms with Gasteiger partial charge in [0.05, 0.1) is 23.6 Å². The van der Waals surface area contributed by atoms with Gasteiger partial charge >= 0.3 is 0 Å². The lowest BCUT2D eigenvalue weighted by molar-refractivity contribution is -0.118. The van der Waals surface area contributed by atoms with E-state index in [0.717, 1.165) is 36.2 Å². The highest BCUT2D eigenvalue weighted by Gasteiger charge is 2.19. The van der Waals surface area contributed by atoms with Gasteiger partial charge in [0, 0.05) is 31.6 Å². The zero-order chi connectivity index (χ0) is 13.2. The van der Waals surface area contributed by atoms with Gasteiger partial charge in [-0.05, 0) is 18.2 Å². The third-order valence-electron chi connectivity index (χ3n) is 3.52. The molecule has 1 aliphatic rings. The van der Waals surface area contributed by atoms with Crippen LogP contribution in [0.5, 0.6) is 0 Å². The van der Waals surface area contributed by atoms with Gasteiger partial charge in [0.25, 0.3) is 0 Å². The van der Waals surface area contributed by atoms with E-state index in [1.165, 1.54) is 0 Å². The van der Waals surface area contributed by atoms with Crippen molar-refractivity contribution in [2.75, 3.05) is 31.1 Å². The number of nitriles is 1. The van der Waals surface area contributed by atoms with Crippen molar-refractivity contribution in [1.82, 2.24) is 4.90 Å². The molecule has 0 aliphatic carbocycles. The summed E-state index contributed by atoms with van der Waals surface area (Å²) in [7, 11) is 0. The van der Waals surface area contributed by atoms with Gasteiger partial charge in [0.1, 0.15) is 0 Å². The first-order valence-electron chi connectivity index (χ1n) is 6.18. The predicted octanol–water partition coefficient (Wildman–Crippen LogP) is 1.58. The molecule has 0 N–H and O–H groups in total. The quantitative estimate of drug-likeness (QED) is 0.764. The molecule has 5 heteroatoms. The minimum Gasteiger partial charge on any atom is -0.462 e. The average Bonchev–Trinajstić information content (AvgIpc) is 2.96. The van der Waals surface area contributed by atoms with Gasteiger partial charge < -0.3 is 14.2 Å². The number of anilines is 1. The number of benzene rings is 1. The van der Waals surface area contributed by atoms with E-state index >= 15 is 0 Å². The monoisotopic (exact) mass is 255 g/mol. The number of amides is 1. The molecule has 1 aromatic carbocycles. The van der Waals surface area contributed by atoms with Crippen molar-refractivity contribution >= 4 is 23.1 Å². The molecule has 1 fully saturated rings. The Labute approximate surface area is 110 Å². The zero-order valence-electron chi connectivity index (χ0n) is 10.4. The molecule has 0 bridgehead atoms. The van der Waals surface area contributed by atoms with Crippen LogP contribution < -0.4 is 4.90 Å². The van der Waals surface area contributed by atoms with Gasteiger partial charge in [-0.3, -0.25) is 4.79 Å². The number of nitrogens with zero attached hydrogens (tertiary/aromatic N) is 3. The van der Waals surface area contributed by atoms with Gasteiger partial charge in [-0.1, -0.05) is 0 Å². The number of carbonyl (C=O) groups is 1. The molecule has 2 aromatic rings. The van der Waals surface area contributed by atoms with E-state index in [1.807, 2.05) is 18.2 Å². The first kappa shape index (κ1) is 11.6. The van der Waals surface area contributed by atoms with Crippen molar-refractivity contribution < 1.29 is 9.21 Å². The molecular formula is C14H13N3O2. The summed E-state index contributed by atoms with van der Waals surface area (Å²) >= 11 is 0. The number of furan rings is 1. The molecule has 0 unspecified atom stereocenters. The molecule has 19 heavy (non-hydrogen) atoms. The normalized spacial score (nSPS) is 15.5. The Morgan fingerprint density at radius 2 is 2.00 bits per heavy atom. The number of carbonyl (C=O) groups excluding carboxylic acids is 1. The van der Waals surface area contributed by atoms with E-state index in [4.69, 9.17) is 9.68 Å². The summed E-state index contributed by atoms with van der Waals surface area (Å²) in [6.07, 6.45) is 2.50. The summed E-state index contributed by atoms with van der Waals surface area (Å²) in [5, 5.41) is 9.92. The van der Waals surface area contributed by atoms with Crippen molar-refractivity contribution in [2.45, 2.75) is 0 Å². The molecule has 1 aromatic heterocycles. The van der Waals surface area contributed by atoms with Gasteiger partial charge in [-0.25, -0.2) is 0 Å². The average molecular weight is 255 g/mol. The van der Waals surface area contributed by atoms with Gasteiger partial charge in [-0.2, -0.15) is 5.26 Å². The van der Waals surface area contributed by atoms with Crippen molar-refractivity contribution in [3.8, 4) is 6.07 Å². The molecule has 0 saturated carbocycles. The fraction of sp³-hybridized carbons (Fsp3) is 0.286. The Bertz CT molecular complexity index is 648. The Balaban J connectivity index is 1.96. The second-order valence-corrected chi connectivity index (χ2v) is 4.54. The fourth-order valence-corrected chi connectivity index (χ4v) is 2.46. The lowest BCUT2D eigenvalue weighted by Crippen LogP contribution is -2.45. The first-order chi connectivity index (χ1) is 9.33. The summed E-state index contributed by atoms with van der Waals surface area (Å²) in [4.78, 5) is 14.7. The van der Waals surface area contributed by atoms with Gasteiger partial charge in [0.15, 0.2) is 5.58 Å². The van der Waals surface area contributed by atoms with Crippen molar-refractivity contribution in [3.63, 3.8) is 0 Å². The van der Waals surface area contributed by atoms with Crippen LogP contribution in [-0.4, -0.2) is 37.5 Å². The molecule has 1 saturated heterocycles. The number of hydrogen-bond donors (Lipinski definition) is 0. The topological polar surface area (TPSA) is 60.5 Å². The van der Waals surface area contributed by atoms with Crippen LogP contribution in [0.3, 0.4) is 0 Å². The molecular weight excluding hydrogens is 242 g/mol. The number of rotatable bonds is 2. The van der Waals surface area contributed by atoms with Crippen LogP contribution in [0.15, 0.2) is 28.9 Å². The van der Waals surface area contributed by atoms with Crippen LogP contribution in [0.1, 0.15) is 5.56 Å². The SMILES string of the molecule is N#Cc1ccc(N2CCN(C=O)CC2)c2occc12. The van der Waals surface area contributed by atoms with Crippen molar-refractivity contribution in [1.29, 1.82) is 5.26 Å². The Morgan fingerprint density at radius 3 is 2.68 bits per heavy atom. The van der Waals surface area contributed by atoms with Gasteiger partial charge in [-0.15, -0.1) is 0 Å². The predicted molar refractivity (Wildman–Crippen MR) is 70.8 cm³/mol. The molecule has 1 amide bonds. The van der Waals surface area contributed by atoms with Crippen molar-refractivity contribution in [3.05, 3.63) is 30.0 Å². The second-order valence-electron chi connectivity index (χ2n) is 4.54. The van der Waals surface area contributed by atoms with E-state index in [1.54, 1.807) is 11.2 Å². The fourth-order valence-electron chi connectivity index (χ4n) is 2.46. The largest absolute Gasteiger partial charge is 0.462 e. The van der Waals surface area contributed by atoms with Crippen LogP contribution in [-0.2, 0) is 4.79 Å². The van der Waals surface area contributed by atoms with E-state index in [-0.39, 0.29) is 0 Å².